The lowest BCUT2D eigenvalue weighted by molar-refractivity contribution is -0.129. The van der Waals surface area contributed by atoms with E-state index in [1.165, 1.54) is 11.8 Å². The number of carbonyl (C=O) groups is 1. The molecule has 1 atom stereocenters. The van der Waals surface area contributed by atoms with Gasteiger partial charge in [-0.3, -0.25) is 10.0 Å². The minimum atomic E-state index is -0.510. The maximum absolute atomic E-state index is 11.8. The maximum Gasteiger partial charge on any atom is 0.259 e. The van der Waals surface area contributed by atoms with E-state index in [0.29, 0.717) is 6.61 Å². The van der Waals surface area contributed by atoms with Crippen molar-refractivity contribution in [2.45, 2.75) is 21.6 Å². The maximum atomic E-state index is 11.8. The van der Waals surface area contributed by atoms with Gasteiger partial charge in [0.1, 0.15) is 5.25 Å². The topological polar surface area (TPSA) is 58.6 Å². The summed E-state index contributed by atoms with van der Waals surface area (Å²) in [7, 11) is 0. The highest BCUT2D eigenvalue weighted by Gasteiger charge is 2.20. The van der Waals surface area contributed by atoms with Crippen LogP contribution in [0.2, 0.25) is 0 Å². The monoisotopic (exact) mass is 349 g/mol. The van der Waals surface area contributed by atoms with Crippen LogP contribution in [0, 0.1) is 0 Å². The van der Waals surface area contributed by atoms with Crippen molar-refractivity contribution in [1.29, 1.82) is 0 Å². The number of ether oxygens (including phenoxy) is 1. The van der Waals surface area contributed by atoms with Crippen LogP contribution < -0.4 is 5.48 Å². The predicted molar refractivity (Wildman–Crippen MR) is 93.9 cm³/mol. The van der Waals surface area contributed by atoms with Gasteiger partial charge in [0.15, 0.2) is 0 Å². The summed E-state index contributed by atoms with van der Waals surface area (Å²) >= 11 is 3.03. The van der Waals surface area contributed by atoms with Crippen LogP contribution in [0.1, 0.15) is 5.56 Å². The molecule has 0 aliphatic heterocycles. The normalized spacial score (nSPS) is 11.9. The van der Waals surface area contributed by atoms with Gasteiger partial charge < -0.3 is 4.74 Å². The van der Waals surface area contributed by atoms with Gasteiger partial charge in [-0.2, -0.15) is 0 Å². The van der Waals surface area contributed by atoms with Gasteiger partial charge in [-0.25, -0.2) is 5.48 Å². The van der Waals surface area contributed by atoms with Gasteiger partial charge in [-0.15, -0.1) is 23.5 Å². The Morgan fingerprint density at radius 3 is 2.39 bits per heavy atom. The lowest BCUT2D eigenvalue weighted by Gasteiger charge is -2.15. The molecule has 2 N–H and O–H groups in total. The van der Waals surface area contributed by atoms with Crippen molar-refractivity contribution in [1.82, 2.24) is 5.48 Å². The number of hydroxylamine groups is 1. The fraction of sp³-hybridized carbons (Fsp3) is 0.235. The van der Waals surface area contributed by atoms with E-state index in [0.717, 1.165) is 15.4 Å². The number of amides is 1. The Morgan fingerprint density at radius 2 is 1.78 bits per heavy atom. The van der Waals surface area contributed by atoms with Gasteiger partial charge in [0.05, 0.1) is 13.2 Å². The summed E-state index contributed by atoms with van der Waals surface area (Å²) in [5, 5.41) is 8.40. The third kappa shape index (κ3) is 5.91. The van der Waals surface area contributed by atoms with Gasteiger partial charge in [0, 0.05) is 9.79 Å². The SMILES string of the molecule is CSc1ccc(SC(COCc2ccccc2)C(=O)NO)cc1. The molecule has 2 rings (SSSR count). The Bertz CT molecular complexity index is 605. The average molecular weight is 349 g/mol. The number of hydrogen-bond acceptors (Lipinski definition) is 5. The van der Waals surface area contributed by atoms with Gasteiger partial charge in [-0.05, 0) is 36.1 Å². The van der Waals surface area contributed by atoms with Crippen molar-refractivity contribution >= 4 is 29.4 Å². The second-order valence-corrected chi connectivity index (χ2v) is 6.91. The quantitative estimate of drug-likeness (QED) is 0.433. The summed E-state index contributed by atoms with van der Waals surface area (Å²) in [6.45, 7) is 0.651. The first-order chi connectivity index (χ1) is 11.2. The molecule has 1 unspecified atom stereocenters. The molecule has 2 aromatic rings. The molecule has 0 saturated heterocycles. The second-order valence-electron chi connectivity index (χ2n) is 4.76. The number of thioether (sulfide) groups is 2. The smallest absolute Gasteiger partial charge is 0.259 e. The summed E-state index contributed by atoms with van der Waals surface area (Å²) < 4.78 is 5.63. The van der Waals surface area contributed by atoms with Gasteiger partial charge in [0.2, 0.25) is 0 Å². The Labute approximate surface area is 144 Å². The van der Waals surface area contributed by atoms with Crippen LogP contribution >= 0.6 is 23.5 Å². The van der Waals surface area contributed by atoms with Crippen LogP contribution in [-0.2, 0) is 16.1 Å². The molecular formula is C17H19NO3S2. The minimum absolute atomic E-state index is 0.218. The number of benzene rings is 2. The molecule has 0 bridgehead atoms. The van der Waals surface area contributed by atoms with Crippen LogP contribution in [0.5, 0.6) is 0 Å². The van der Waals surface area contributed by atoms with E-state index < -0.39 is 11.2 Å². The van der Waals surface area contributed by atoms with Gasteiger partial charge >= 0.3 is 0 Å². The third-order valence-corrected chi connectivity index (χ3v) is 5.04. The van der Waals surface area contributed by atoms with E-state index in [-0.39, 0.29) is 6.61 Å². The summed E-state index contributed by atoms with van der Waals surface area (Å²) in [6, 6.07) is 17.7. The fourth-order valence-electron chi connectivity index (χ4n) is 1.91. The first kappa shape index (κ1) is 17.9. The zero-order chi connectivity index (χ0) is 16.5. The van der Waals surface area contributed by atoms with E-state index in [4.69, 9.17) is 9.94 Å². The van der Waals surface area contributed by atoms with Crippen molar-refractivity contribution in [3.05, 3.63) is 60.2 Å². The third-order valence-electron chi connectivity index (χ3n) is 3.12. The molecule has 0 heterocycles. The largest absolute Gasteiger partial charge is 0.375 e. The summed E-state index contributed by atoms with van der Waals surface area (Å²) in [4.78, 5) is 13.9. The zero-order valence-corrected chi connectivity index (χ0v) is 14.4. The molecule has 0 aliphatic carbocycles. The lowest BCUT2D eigenvalue weighted by Crippen LogP contribution is -2.33. The Balaban J connectivity index is 1.92. The van der Waals surface area contributed by atoms with Crippen LogP contribution in [0.4, 0.5) is 0 Å². The standard InChI is InChI=1S/C17H19NO3S2/c1-22-14-7-9-15(10-8-14)23-16(17(19)18-20)12-21-11-13-5-3-2-4-6-13/h2-10,16,20H,11-12H2,1H3,(H,18,19). The summed E-state index contributed by atoms with van der Waals surface area (Å²) in [5.74, 6) is -0.461. The van der Waals surface area contributed by atoms with Gasteiger partial charge in [-0.1, -0.05) is 30.3 Å². The number of nitrogens with one attached hydrogen (secondary N) is 1. The van der Waals surface area contributed by atoms with Crippen LogP contribution in [0.3, 0.4) is 0 Å². The first-order valence-electron chi connectivity index (χ1n) is 7.09. The number of carbonyl (C=O) groups excluding carboxylic acids is 1. The first-order valence-corrected chi connectivity index (χ1v) is 9.19. The van der Waals surface area contributed by atoms with Crippen LogP contribution in [0.15, 0.2) is 64.4 Å². The molecule has 6 heteroatoms. The molecule has 1 amide bonds. The van der Waals surface area contributed by atoms with Crippen LogP contribution in [-0.4, -0.2) is 29.2 Å². The Kier molecular flexibility index (Phi) is 7.48. The molecule has 0 fully saturated rings. The molecule has 0 aromatic heterocycles. The van der Waals surface area contributed by atoms with E-state index in [1.807, 2.05) is 60.9 Å². The molecule has 4 nitrogen and oxygen atoms in total. The number of rotatable bonds is 8. The molecule has 122 valence electrons. The van der Waals surface area contributed by atoms with E-state index in [2.05, 4.69) is 0 Å². The van der Waals surface area contributed by atoms with Crippen molar-refractivity contribution in [2.75, 3.05) is 12.9 Å². The number of hydrogen-bond donors (Lipinski definition) is 2. The van der Waals surface area contributed by atoms with E-state index in [9.17, 15) is 4.79 Å². The molecule has 0 aliphatic rings. The Hall–Kier alpha value is -1.47. The summed E-state index contributed by atoms with van der Waals surface area (Å²) in [6.07, 6.45) is 2.02. The predicted octanol–water partition coefficient (Wildman–Crippen LogP) is 3.59. The lowest BCUT2D eigenvalue weighted by atomic mass is 10.2. The highest BCUT2D eigenvalue weighted by Crippen LogP contribution is 2.26. The van der Waals surface area contributed by atoms with Crippen molar-refractivity contribution in [3.63, 3.8) is 0 Å². The van der Waals surface area contributed by atoms with E-state index >= 15 is 0 Å². The molecule has 0 saturated carbocycles. The van der Waals surface area contributed by atoms with Gasteiger partial charge in [0.25, 0.3) is 5.91 Å². The highest BCUT2D eigenvalue weighted by molar-refractivity contribution is 8.00. The van der Waals surface area contributed by atoms with Crippen LogP contribution in [0.25, 0.3) is 0 Å². The molecule has 23 heavy (non-hydrogen) atoms. The average Bonchev–Trinajstić information content (AvgIpc) is 2.61. The van der Waals surface area contributed by atoms with Crippen molar-refractivity contribution in [3.8, 4) is 0 Å². The zero-order valence-electron chi connectivity index (χ0n) is 12.8. The fourth-order valence-corrected chi connectivity index (χ4v) is 3.27. The molecule has 0 radical (unpaired) electrons. The highest BCUT2D eigenvalue weighted by atomic mass is 32.2. The molecular weight excluding hydrogens is 330 g/mol. The second kappa shape index (κ2) is 9.62. The minimum Gasteiger partial charge on any atom is -0.375 e. The molecule has 0 spiro atoms. The molecule has 2 aromatic carbocycles. The van der Waals surface area contributed by atoms with Crippen molar-refractivity contribution < 1.29 is 14.7 Å². The Morgan fingerprint density at radius 1 is 1.13 bits per heavy atom. The van der Waals surface area contributed by atoms with Crippen molar-refractivity contribution in [2.24, 2.45) is 0 Å². The van der Waals surface area contributed by atoms with E-state index in [1.54, 1.807) is 17.2 Å². The summed E-state index contributed by atoms with van der Waals surface area (Å²) in [5.41, 5.74) is 2.76.